The van der Waals surface area contributed by atoms with Crippen LogP contribution in [-0.4, -0.2) is 19.1 Å². The van der Waals surface area contributed by atoms with Crippen LogP contribution in [0.15, 0.2) is 42.5 Å². The Bertz CT molecular complexity index is 664. The smallest absolute Gasteiger partial charge is 0.322 e. The minimum atomic E-state index is -0.596. The fourth-order valence-electron chi connectivity index (χ4n) is 2.81. The molecule has 0 fully saturated rings. The highest BCUT2D eigenvalue weighted by atomic mass is 16.5. The largest absolute Gasteiger partial charge is 0.468 e. The summed E-state index contributed by atoms with van der Waals surface area (Å²) >= 11 is 0. The Hall–Kier alpha value is -2.13. The molecule has 1 atom stereocenters. The Labute approximate surface area is 118 Å². The van der Waals surface area contributed by atoms with Crippen LogP contribution in [-0.2, 0) is 22.4 Å². The zero-order chi connectivity index (χ0) is 14.1. The lowest BCUT2D eigenvalue weighted by Crippen LogP contribution is -2.33. The van der Waals surface area contributed by atoms with Crippen molar-refractivity contribution in [1.29, 1.82) is 0 Å². The molecule has 0 aromatic heterocycles. The van der Waals surface area contributed by atoms with E-state index in [4.69, 9.17) is 5.73 Å². The fraction of sp³-hybridized carbons (Fsp3) is 0.235. The summed E-state index contributed by atoms with van der Waals surface area (Å²) in [6.07, 6.45) is 1.46. The molecule has 0 heterocycles. The highest BCUT2D eigenvalue weighted by Crippen LogP contribution is 2.36. The second-order valence-corrected chi connectivity index (χ2v) is 5.16. The summed E-state index contributed by atoms with van der Waals surface area (Å²) in [5, 5.41) is 0. The molecule has 0 bridgehead atoms. The van der Waals surface area contributed by atoms with Crippen LogP contribution in [0.4, 0.5) is 0 Å². The maximum absolute atomic E-state index is 11.4. The molecule has 1 aliphatic rings. The van der Waals surface area contributed by atoms with Crippen molar-refractivity contribution >= 4 is 5.97 Å². The van der Waals surface area contributed by atoms with Gasteiger partial charge in [-0.1, -0.05) is 42.5 Å². The van der Waals surface area contributed by atoms with Crippen LogP contribution in [0, 0.1) is 0 Å². The SMILES string of the molecule is COC(=O)[C@H](N)Cc1ccc2c(c1)Cc1ccccc1-2. The number of carbonyl (C=O) groups is 1. The van der Waals surface area contributed by atoms with E-state index >= 15 is 0 Å². The Morgan fingerprint density at radius 3 is 2.75 bits per heavy atom. The summed E-state index contributed by atoms with van der Waals surface area (Å²) in [6.45, 7) is 0. The molecular formula is C17H17NO2. The number of hydrogen-bond donors (Lipinski definition) is 1. The Kier molecular flexibility index (Phi) is 3.28. The molecule has 0 unspecified atom stereocenters. The van der Waals surface area contributed by atoms with Gasteiger partial charge in [-0.3, -0.25) is 4.79 Å². The minimum absolute atomic E-state index is 0.367. The third-order valence-electron chi connectivity index (χ3n) is 3.82. The van der Waals surface area contributed by atoms with Gasteiger partial charge in [0.25, 0.3) is 0 Å². The van der Waals surface area contributed by atoms with Crippen molar-refractivity contribution in [2.75, 3.05) is 7.11 Å². The van der Waals surface area contributed by atoms with E-state index in [0.29, 0.717) is 6.42 Å². The van der Waals surface area contributed by atoms with Crippen molar-refractivity contribution in [1.82, 2.24) is 0 Å². The van der Waals surface area contributed by atoms with Crippen LogP contribution < -0.4 is 5.73 Å². The van der Waals surface area contributed by atoms with Crippen LogP contribution in [0.5, 0.6) is 0 Å². The maximum Gasteiger partial charge on any atom is 0.322 e. The molecule has 20 heavy (non-hydrogen) atoms. The molecule has 0 radical (unpaired) electrons. The van der Waals surface area contributed by atoms with Crippen molar-refractivity contribution < 1.29 is 9.53 Å². The van der Waals surface area contributed by atoms with E-state index < -0.39 is 6.04 Å². The maximum atomic E-state index is 11.4. The Morgan fingerprint density at radius 2 is 1.95 bits per heavy atom. The van der Waals surface area contributed by atoms with Gasteiger partial charge < -0.3 is 10.5 Å². The van der Waals surface area contributed by atoms with Gasteiger partial charge in [-0.05, 0) is 40.7 Å². The predicted molar refractivity (Wildman–Crippen MR) is 78.4 cm³/mol. The second kappa shape index (κ2) is 5.10. The number of benzene rings is 2. The molecule has 1 aliphatic carbocycles. The monoisotopic (exact) mass is 267 g/mol. The molecule has 2 aromatic carbocycles. The molecule has 3 nitrogen and oxygen atoms in total. The third-order valence-corrected chi connectivity index (χ3v) is 3.82. The van der Waals surface area contributed by atoms with Crippen LogP contribution in [0.1, 0.15) is 16.7 Å². The van der Waals surface area contributed by atoms with E-state index in [-0.39, 0.29) is 5.97 Å². The summed E-state index contributed by atoms with van der Waals surface area (Å²) in [6, 6.07) is 14.2. The molecular weight excluding hydrogens is 250 g/mol. The lowest BCUT2D eigenvalue weighted by atomic mass is 10.00. The number of hydrogen-bond acceptors (Lipinski definition) is 3. The predicted octanol–water partition coefficient (Wildman–Crippen LogP) is 2.30. The summed E-state index contributed by atoms with van der Waals surface area (Å²) in [5.41, 5.74) is 12.2. The summed E-state index contributed by atoms with van der Waals surface area (Å²) < 4.78 is 4.66. The molecule has 0 amide bonds. The van der Waals surface area contributed by atoms with Gasteiger partial charge in [-0.25, -0.2) is 0 Å². The molecule has 0 spiro atoms. The molecule has 0 saturated carbocycles. The molecule has 2 N–H and O–H groups in total. The van der Waals surface area contributed by atoms with Gasteiger partial charge in [0.1, 0.15) is 6.04 Å². The molecule has 3 heteroatoms. The van der Waals surface area contributed by atoms with Gasteiger partial charge in [0.2, 0.25) is 0 Å². The number of ether oxygens (including phenoxy) is 1. The third kappa shape index (κ3) is 2.21. The van der Waals surface area contributed by atoms with Crippen molar-refractivity contribution in [2.24, 2.45) is 5.73 Å². The van der Waals surface area contributed by atoms with Crippen molar-refractivity contribution in [3.05, 3.63) is 59.2 Å². The van der Waals surface area contributed by atoms with E-state index in [1.165, 1.54) is 29.4 Å². The number of nitrogens with two attached hydrogens (primary N) is 1. The van der Waals surface area contributed by atoms with E-state index in [1.807, 2.05) is 6.07 Å². The first-order valence-electron chi connectivity index (χ1n) is 6.72. The lowest BCUT2D eigenvalue weighted by Gasteiger charge is -2.10. The van der Waals surface area contributed by atoms with Gasteiger partial charge in [0, 0.05) is 0 Å². The first kappa shape index (κ1) is 12.9. The summed E-state index contributed by atoms with van der Waals surface area (Å²) in [7, 11) is 1.36. The van der Waals surface area contributed by atoms with Crippen LogP contribution in [0.2, 0.25) is 0 Å². The standard InChI is InChI=1S/C17H17NO2/c1-20-17(19)16(18)9-11-6-7-15-13(8-11)10-12-4-2-3-5-14(12)15/h2-8,16H,9-10,18H2,1H3/t16-/m1/s1. The van der Waals surface area contributed by atoms with Gasteiger partial charge >= 0.3 is 5.97 Å². The number of rotatable bonds is 3. The average molecular weight is 267 g/mol. The normalized spacial score (nSPS) is 13.5. The van der Waals surface area contributed by atoms with Crippen molar-refractivity contribution in [3.63, 3.8) is 0 Å². The first-order valence-corrected chi connectivity index (χ1v) is 6.72. The summed E-state index contributed by atoms with van der Waals surface area (Å²) in [4.78, 5) is 11.4. The molecule has 0 aliphatic heterocycles. The number of carbonyl (C=O) groups excluding carboxylic acids is 1. The number of fused-ring (bicyclic) bond motifs is 3. The minimum Gasteiger partial charge on any atom is -0.468 e. The highest BCUT2D eigenvalue weighted by Gasteiger charge is 2.19. The Balaban J connectivity index is 1.86. The van der Waals surface area contributed by atoms with Gasteiger partial charge in [0.05, 0.1) is 7.11 Å². The Morgan fingerprint density at radius 1 is 1.20 bits per heavy atom. The molecule has 102 valence electrons. The van der Waals surface area contributed by atoms with Crippen LogP contribution >= 0.6 is 0 Å². The molecule has 2 aromatic rings. The first-order chi connectivity index (χ1) is 9.69. The van der Waals surface area contributed by atoms with Crippen molar-refractivity contribution in [3.8, 4) is 11.1 Å². The molecule has 0 saturated heterocycles. The zero-order valence-electron chi connectivity index (χ0n) is 11.4. The van der Waals surface area contributed by atoms with E-state index in [1.54, 1.807) is 0 Å². The second-order valence-electron chi connectivity index (χ2n) is 5.16. The number of esters is 1. The zero-order valence-corrected chi connectivity index (χ0v) is 11.4. The fourth-order valence-corrected chi connectivity index (χ4v) is 2.81. The topological polar surface area (TPSA) is 52.3 Å². The van der Waals surface area contributed by atoms with E-state index in [2.05, 4.69) is 41.1 Å². The molecule has 3 rings (SSSR count). The number of methoxy groups -OCH3 is 1. The van der Waals surface area contributed by atoms with Crippen LogP contribution in [0.25, 0.3) is 11.1 Å². The van der Waals surface area contributed by atoms with Crippen molar-refractivity contribution in [2.45, 2.75) is 18.9 Å². The van der Waals surface area contributed by atoms with Gasteiger partial charge in [-0.15, -0.1) is 0 Å². The van der Waals surface area contributed by atoms with Gasteiger partial charge in [0.15, 0.2) is 0 Å². The average Bonchev–Trinajstić information content (AvgIpc) is 2.83. The van der Waals surface area contributed by atoms with E-state index in [0.717, 1.165) is 12.0 Å². The lowest BCUT2D eigenvalue weighted by molar-refractivity contribution is -0.142. The quantitative estimate of drug-likeness (QED) is 0.741. The summed E-state index contributed by atoms with van der Waals surface area (Å²) in [5.74, 6) is -0.367. The highest BCUT2D eigenvalue weighted by molar-refractivity contribution is 5.78. The van der Waals surface area contributed by atoms with E-state index in [9.17, 15) is 4.79 Å². The van der Waals surface area contributed by atoms with Gasteiger partial charge in [-0.2, -0.15) is 0 Å². The van der Waals surface area contributed by atoms with Crippen LogP contribution in [0.3, 0.4) is 0 Å².